The molecule has 2 aromatic carbocycles. The first-order valence-corrected chi connectivity index (χ1v) is 11.4. The van der Waals surface area contributed by atoms with E-state index >= 15 is 0 Å². The molecule has 2 aromatic heterocycles. The van der Waals surface area contributed by atoms with Crippen molar-refractivity contribution in [1.29, 1.82) is 0 Å². The summed E-state index contributed by atoms with van der Waals surface area (Å²) in [4.78, 5) is 4.70. The van der Waals surface area contributed by atoms with Gasteiger partial charge in [0.05, 0.1) is 5.75 Å². The number of unbranched alkanes of at least 4 members (excludes halogenated alkanes) is 3. The number of hydrogen-bond donors (Lipinski definition) is 2. The van der Waals surface area contributed by atoms with Crippen LogP contribution in [0.5, 0.6) is 0 Å². The lowest BCUT2D eigenvalue weighted by molar-refractivity contribution is 0.523. The van der Waals surface area contributed by atoms with Gasteiger partial charge in [-0.1, -0.05) is 74.7 Å². The predicted octanol–water partition coefficient (Wildman–Crippen LogP) is 4.73. The van der Waals surface area contributed by atoms with Crippen LogP contribution >= 0.6 is 12.6 Å². The maximum absolute atomic E-state index is 4.70. The molecule has 2 heterocycles. The van der Waals surface area contributed by atoms with Gasteiger partial charge in [-0.25, -0.2) is 9.67 Å². The van der Waals surface area contributed by atoms with Crippen LogP contribution in [-0.2, 0) is 18.7 Å². The Hall–Kier alpha value is -3.00. The molecule has 0 atom stereocenters. The molecule has 8 heteroatoms. The van der Waals surface area contributed by atoms with Gasteiger partial charge in [-0.2, -0.15) is 22.9 Å². The number of H-pyrrole nitrogens is 1. The van der Waals surface area contributed by atoms with Gasteiger partial charge in [0, 0.05) is 18.5 Å². The van der Waals surface area contributed by atoms with E-state index < -0.39 is 0 Å². The second-order valence-corrected chi connectivity index (χ2v) is 7.86. The van der Waals surface area contributed by atoms with Crippen molar-refractivity contribution in [2.75, 3.05) is 0 Å². The summed E-state index contributed by atoms with van der Waals surface area (Å²) in [6, 6.07) is 16.7. The van der Waals surface area contributed by atoms with E-state index in [0.29, 0.717) is 11.6 Å². The molecule has 0 saturated heterocycles. The summed E-state index contributed by atoms with van der Waals surface area (Å²) in [5.74, 6) is 2.94. The molecule has 0 spiro atoms. The Balaban J connectivity index is 1.52. The largest absolute Gasteiger partial charge is 0.249 e. The first-order valence-electron chi connectivity index (χ1n) is 10.7. The summed E-state index contributed by atoms with van der Waals surface area (Å²) in [5, 5.41) is 19.1. The molecule has 4 rings (SSSR count). The van der Waals surface area contributed by atoms with E-state index in [9.17, 15) is 0 Å². The van der Waals surface area contributed by atoms with Gasteiger partial charge in [0.25, 0.3) is 0 Å². The highest BCUT2D eigenvalue weighted by atomic mass is 32.1. The zero-order valence-corrected chi connectivity index (χ0v) is 18.6. The average Bonchev–Trinajstić information content (AvgIpc) is 3.48. The maximum atomic E-state index is 4.70. The number of nitrogens with one attached hydrogen (secondary N) is 1. The topological polar surface area (TPSA) is 85.2 Å². The van der Waals surface area contributed by atoms with Crippen LogP contribution in [0.15, 0.2) is 48.5 Å². The normalized spacial score (nSPS) is 11.2. The quantitative estimate of drug-likeness (QED) is 0.279. The third-order valence-electron chi connectivity index (χ3n) is 5.30. The number of rotatable bonds is 10. The van der Waals surface area contributed by atoms with Crippen molar-refractivity contribution < 1.29 is 0 Å². The van der Waals surface area contributed by atoms with Crippen molar-refractivity contribution in [2.45, 2.75) is 51.3 Å². The zero-order valence-electron chi connectivity index (χ0n) is 17.7. The van der Waals surface area contributed by atoms with E-state index in [-0.39, 0.29) is 0 Å². The highest BCUT2D eigenvalue weighted by molar-refractivity contribution is 7.79. The number of thiol groups is 1. The van der Waals surface area contributed by atoms with Crippen molar-refractivity contribution in [1.82, 2.24) is 35.4 Å². The molecule has 160 valence electrons. The van der Waals surface area contributed by atoms with Gasteiger partial charge in [-0.15, -0.1) is 10.2 Å². The molecule has 0 amide bonds. The Bertz CT molecular complexity index is 1090. The van der Waals surface area contributed by atoms with Crippen LogP contribution in [0.4, 0.5) is 0 Å². The van der Waals surface area contributed by atoms with Crippen LogP contribution in [0, 0.1) is 0 Å². The summed E-state index contributed by atoms with van der Waals surface area (Å²) in [6.07, 6.45) is 5.59. The summed E-state index contributed by atoms with van der Waals surface area (Å²) in [6.45, 7) is 3.14. The Morgan fingerprint density at radius 2 is 1.77 bits per heavy atom. The molecule has 1 N–H and O–H groups in total. The summed E-state index contributed by atoms with van der Waals surface area (Å²) < 4.78 is 2.06. The molecular weight excluding hydrogens is 406 g/mol. The maximum Gasteiger partial charge on any atom is 0.205 e. The fraction of sp³-hybridized carbons (Fsp3) is 0.348. The molecular formula is C23H27N7S. The van der Waals surface area contributed by atoms with Crippen LogP contribution < -0.4 is 0 Å². The Kier molecular flexibility index (Phi) is 7.09. The minimum Gasteiger partial charge on any atom is -0.249 e. The van der Waals surface area contributed by atoms with E-state index in [0.717, 1.165) is 47.7 Å². The second kappa shape index (κ2) is 10.3. The molecule has 0 bridgehead atoms. The molecule has 7 nitrogen and oxygen atoms in total. The van der Waals surface area contributed by atoms with Gasteiger partial charge in [0.15, 0.2) is 5.82 Å². The predicted molar refractivity (Wildman–Crippen MR) is 125 cm³/mol. The van der Waals surface area contributed by atoms with E-state index in [1.54, 1.807) is 0 Å². The number of aryl methyl sites for hydroxylation is 1. The van der Waals surface area contributed by atoms with Crippen molar-refractivity contribution >= 4 is 12.6 Å². The van der Waals surface area contributed by atoms with Gasteiger partial charge in [-0.05, 0) is 28.3 Å². The van der Waals surface area contributed by atoms with Gasteiger partial charge in [0.1, 0.15) is 5.82 Å². The second-order valence-electron chi connectivity index (χ2n) is 7.54. The lowest BCUT2D eigenvalue weighted by Gasteiger charge is -2.09. The third-order valence-corrected chi connectivity index (χ3v) is 5.58. The highest BCUT2D eigenvalue weighted by Crippen LogP contribution is 2.30. The van der Waals surface area contributed by atoms with Crippen LogP contribution in [0.2, 0.25) is 0 Å². The van der Waals surface area contributed by atoms with Crippen molar-refractivity contribution in [3.05, 3.63) is 65.7 Å². The lowest BCUT2D eigenvalue weighted by atomic mass is 9.98. The number of hydrogen-bond acceptors (Lipinski definition) is 6. The molecule has 0 saturated carbocycles. The van der Waals surface area contributed by atoms with E-state index in [2.05, 4.69) is 80.3 Å². The molecule has 0 radical (unpaired) electrons. The van der Waals surface area contributed by atoms with E-state index in [1.807, 2.05) is 18.2 Å². The standard InChI is InChI=1S/C23H27N7S/c1-2-3-4-7-14-30-22(24-21(16-31)27-30)15-17-10-12-18(13-11-17)19-8-5-6-9-20(19)23-25-28-29-26-23/h5-6,8-13,31H,2-4,7,14-16H2,1H3,(H,25,26,28,29). The van der Waals surface area contributed by atoms with Crippen molar-refractivity contribution in [2.24, 2.45) is 0 Å². The smallest absolute Gasteiger partial charge is 0.205 e. The number of aromatic nitrogens is 7. The Morgan fingerprint density at radius 3 is 2.48 bits per heavy atom. The first-order chi connectivity index (χ1) is 15.3. The van der Waals surface area contributed by atoms with Gasteiger partial charge in [0.2, 0.25) is 5.82 Å². The van der Waals surface area contributed by atoms with Crippen LogP contribution in [-0.4, -0.2) is 35.4 Å². The first kappa shape index (κ1) is 21.2. The summed E-state index contributed by atoms with van der Waals surface area (Å²) in [7, 11) is 0. The number of benzene rings is 2. The number of tetrazole rings is 1. The minimum atomic E-state index is 0.556. The molecule has 0 aliphatic carbocycles. The molecule has 0 unspecified atom stereocenters. The van der Waals surface area contributed by atoms with E-state index in [1.165, 1.54) is 24.8 Å². The van der Waals surface area contributed by atoms with Crippen LogP contribution in [0.25, 0.3) is 22.5 Å². The Labute approximate surface area is 187 Å². The molecule has 31 heavy (non-hydrogen) atoms. The third kappa shape index (κ3) is 5.19. The molecule has 0 aliphatic rings. The molecule has 4 aromatic rings. The van der Waals surface area contributed by atoms with Crippen LogP contribution in [0.3, 0.4) is 0 Å². The summed E-state index contributed by atoms with van der Waals surface area (Å²) in [5.41, 5.74) is 4.34. The average molecular weight is 434 g/mol. The Morgan fingerprint density at radius 1 is 0.968 bits per heavy atom. The van der Waals surface area contributed by atoms with Gasteiger partial charge >= 0.3 is 0 Å². The van der Waals surface area contributed by atoms with Crippen LogP contribution in [0.1, 0.15) is 49.8 Å². The van der Waals surface area contributed by atoms with Crippen molar-refractivity contribution in [3.63, 3.8) is 0 Å². The fourth-order valence-corrected chi connectivity index (χ4v) is 3.82. The van der Waals surface area contributed by atoms with Gasteiger partial charge in [-0.3, -0.25) is 0 Å². The molecule has 0 fully saturated rings. The van der Waals surface area contributed by atoms with Gasteiger partial charge < -0.3 is 0 Å². The number of aromatic amines is 1. The van der Waals surface area contributed by atoms with Crippen molar-refractivity contribution in [3.8, 4) is 22.5 Å². The lowest BCUT2D eigenvalue weighted by Crippen LogP contribution is -2.07. The fourth-order valence-electron chi connectivity index (χ4n) is 3.68. The van der Waals surface area contributed by atoms with E-state index in [4.69, 9.17) is 4.98 Å². The zero-order chi connectivity index (χ0) is 21.5. The SMILES string of the molecule is CCCCCCn1nc(CS)nc1Cc1ccc(-c2ccccc2-c2nn[nH]n2)cc1. The minimum absolute atomic E-state index is 0.556. The number of nitrogens with zero attached hydrogens (tertiary/aromatic N) is 6. The summed E-state index contributed by atoms with van der Waals surface area (Å²) >= 11 is 4.36. The molecule has 0 aliphatic heterocycles. The highest BCUT2D eigenvalue weighted by Gasteiger charge is 2.12. The monoisotopic (exact) mass is 433 g/mol.